The van der Waals surface area contributed by atoms with Crippen molar-refractivity contribution in [3.05, 3.63) is 35.0 Å². The molecule has 2 aliphatic rings. The Hall–Kier alpha value is -1.77. The third-order valence-electron chi connectivity index (χ3n) is 5.18. The van der Waals surface area contributed by atoms with Crippen LogP contribution in [0.1, 0.15) is 37.3 Å². The minimum Gasteiger partial charge on any atom is -0.495 e. The summed E-state index contributed by atoms with van der Waals surface area (Å²) in [4.78, 5) is 2.36. The maximum atomic E-state index is 12.6. The average molecular weight is 411 g/mol. The number of hydrogen-bond donors (Lipinski definition) is 2. The first-order valence-electron chi connectivity index (χ1n) is 9.12. The van der Waals surface area contributed by atoms with Crippen molar-refractivity contribution < 1.29 is 13.2 Å². The highest BCUT2D eigenvalue weighted by Gasteiger charge is 2.29. The van der Waals surface area contributed by atoms with Crippen molar-refractivity contribution in [3.63, 3.8) is 0 Å². The quantitative estimate of drug-likeness (QED) is 0.764. The van der Waals surface area contributed by atoms with Gasteiger partial charge < -0.3 is 9.64 Å². The van der Waals surface area contributed by atoms with Gasteiger partial charge in [-0.3, -0.25) is 5.10 Å². The van der Waals surface area contributed by atoms with Crippen LogP contribution in [-0.2, 0) is 10.0 Å². The number of H-pyrrole nitrogens is 1. The van der Waals surface area contributed by atoms with E-state index in [-0.39, 0.29) is 16.0 Å². The van der Waals surface area contributed by atoms with Gasteiger partial charge in [-0.1, -0.05) is 11.6 Å². The zero-order valence-electron chi connectivity index (χ0n) is 15.1. The lowest BCUT2D eigenvalue weighted by atomic mass is 10.1. The molecule has 7 nitrogen and oxygen atoms in total. The largest absolute Gasteiger partial charge is 0.495 e. The fraction of sp³-hybridized carbons (Fsp3) is 0.500. The minimum atomic E-state index is -3.62. The van der Waals surface area contributed by atoms with Crippen LogP contribution in [0.5, 0.6) is 5.75 Å². The summed E-state index contributed by atoms with van der Waals surface area (Å²) in [7, 11) is -2.12. The molecule has 0 unspecified atom stereocenters. The van der Waals surface area contributed by atoms with Gasteiger partial charge in [0.15, 0.2) is 5.82 Å². The fourth-order valence-corrected chi connectivity index (χ4v) is 5.07. The molecule has 1 saturated carbocycles. The highest BCUT2D eigenvalue weighted by atomic mass is 35.5. The average Bonchev–Trinajstić information content (AvgIpc) is 3.39. The number of nitrogens with one attached hydrogen (secondary N) is 2. The van der Waals surface area contributed by atoms with Gasteiger partial charge in [-0.15, -0.1) is 0 Å². The number of aromatic nitrogens is 2. The van der Waals surface area contributed by atoms with E-state index >= 15 is 0 Å². The van der Waals surface area contributed by atoms with E-state index in [1.807, 2.05) is 0 Å². The second-order valence-electron chi connectivity index (χ2n) is 7.13. The Bertz CT molecular complexity index is 918. The van der Waals surface area contributed by atoms with E-state index in [1.54, 1.807) is 6.07 Å². The molecule has 2 fully saturated rings. The van der Waals surface area contributed by atoms with Gasteiger partial charge in [0.1, 0.15) is 5.75 Å². The summed E-state index contributed by atoms with van der Waals surface area (Å²) in [6.07, 6.45) is 3.94. The summed E-state index contributed by atoms with van der Waals surface area (Å²) < 4.78 is 33.2. The highest BCUT2D eigenvalue weighted by Crippen LogP contribution is 2.40. The predicted molar refractivity (Wildman–Crippen MR) is 104 cm³/mol. The van der Waals surface area contributed by atoms with Crippen molar-refractivity contribution in [1.29, 1.82) is 0 Å². The zero-order valence-corrected chi connectivity index (χ0v) is 16.7. The van der Waals surface area contributed by atoms with Crippen molar-refractivity contribution in [3.8, 4) is 5.75 Å². The van der Waals surface area contributed by atoms with Crippen LogP contribution in [0.3, 0.4) is 0 Å². The molecule has 9 heteroatoms. The van der Waals surface area contributed by atoms with Gasteiger partial charge >= 0.3 is 0 Å². The molecule has 1 aliphatic carbocycles. The number of halogens is 1. The molecule has 146 valence electrons. The van der Waals surface area contributed by atoms with E-state index in [2.05, 4.69) is 25.9 Å². The van der Waals surface area contributed by atoms with E-state index in [9.17, 15) is 8.42 Å². The van der Waals surface area contributed by atoms with Gasteiger partial charge in [0.25, 0.3) is 0 Å². The first-order chi connectivity index (χ1) is 13.0. The Morgan fingerprint density at radius 1 is 1.22 bits per heavy atom. The molecule has 0 spiro atoms. The third-order valence-corrected chi connectivity index (χ3v) is 6.99. The number of hydrogen-bond acceptors (Lipinski definition) is 5. The summed E-state index contributed by atoms with van der Waals surface area (Å²) >= 11 is 6.06. The first-order valence-corrected chi connectivity index (χ1v) is 11.0. The minimum absolute atomic E-state index is 0.103. The lowest BCUT2D eigenvalue weighted by molar-refractivity contribution is 0.414. The molecular weight excluding hydrogens is 388 g/mol. The molecule has 1 aliphatic heterocycles. The second kappa shape index (κ2) is 7.33. The van der Waals surface area contributed by atoms with E-state index < -0.39 is 10.0 Å². The third kappa shape index (κ3) is 4.07. The van der Waals surface area contributed by atoms with Crippen molar-refractivity contribution in [1.82, 2.24) is 14.9 Å². The highest BCUT2D eigenvalue weighted by molar-refractivity contribution is 7.89. The number of aromatic amines is 1. The van der Waals surface area contributed by atoms with Gasteiger partial charge in [0, 0.05) is 36.8 Å². The molecule has 27 heavy (non-hydrogen) atoms. The van der Waals surface area contributed by atoms with Crippen LogP contribution in [0, 0.1) is 0 Å². The molecule has 0 atom stereocenters. The Balaban J connectivity index is 1.37. The Labute approximate surface area is 164 Å². The number of sulfonamides is 1. The zero-order chi connectivity index (χ0) is 19.0. The van der Waals surface area contributed by atoms with Crippen LogP contribution in [0.4, 0.5) is 5.82 Å². The van der Waals surface area contributed by atoms with Crippen molar-refractivity contribution in [2.24, 2.45) is 0 Å². The Kier molecular flexibility index (Phi) is 5.05. The van der Waals surface area contributed by atoms with E-state index in [0.717, 1.165) is 31.7 Å². The lowest BCUT2D eigenvalue weighted by Crippen LogP contribution is -2.44. The molecule has 0 radical (unpaired) electrons. The topological polar surface area (TPSA) is 87.3 Å². The standard InChI is InChI=1S/C18H23ClN4O3S/c1-26-17-5-4-14(10-15(17)19)27(24,25)22-13-6-8-23(9-7-13)18-11-16(20-21-18)12-2-3-12/h4-5,10-13,22H,2-3,6-9H2,1H3,(H,20,21). The Morgan fingerprint density at radius 3 is 2.59 bits per heavy atom. The summed E-state index contributed by atoms with van der Waals surface area (Å²) in [6.45, 7) is 1.54. The number of anilines is 1. The number of rotatable bonds is 6. The monoisotopic (exact) mass is 410 g/mol. The van der Waals surface area contributed by atoms with Crippen LogP contribution >= 0.6 is 11.6 Å². The molecule has 4 rings (SSSR count). The van der Waals surface area contributed by atoms with Crippen molar-refractivity contribution in [2.45, 2.75) is 42.5 Å². The number of benzene rings is 1. The van der Waals surface area contributed by atoms with Crippen LogP contribution in [0.15, 0.2) is 29.2 Å². The number of ether oxygens (including phenoxy) is 1. The van der Waals surface area contributed by atoms with Gasteiger partial charge in [-0.05, 0) is 43.9 Å². The normalized spacial score (nSPS) is 18.7. The van der Waals surface area contributed by atoms with Gasteiger partial charge in [-0.2, -0.15) is 5.10 Å². The molecule has 2 aromatic rings. The molecular formula is C18H23ClN4O3S. The van der Waals surface area contributed by atoms with E-state index in [4.69, 9.17) is 16.3 Å². The summed E-state index contributed by atoms with van der Waals surface area (Å²) in [5.41, 5.74) is 1.21. The first kappa shape index (κ1) is 18.6. The molecule has 1 aromatic heterocycles. The molecule has 0 amide bonds. The molecule has 0 bridgehead atoms. The van der Waals surface area contributed by atoms with E-state index in [1.165, 1.54) is 37.8 Å². The van der Waals surface area contributed by atoms with Crippen LogP contribution in [-0.4, -0.2) is 44.9 Å². The number of nitrogens with zero attached hydrogens (tertiary/aromatic N) is 2. The van der Waals surface area contributed by atoms with E-state index in [0.29, 0.717) is 11.7 Å². The summed E-state index contributed by atoms with van der Waals surface area (Å²) in [6, 6.07) is 6.51. The molecule has 1 saturated heterocycles. The number of piperidine rings is 1. The molecule has 2 heterocycles. The van der Waals surface area contributed by atoms with Crippen molar-refractivity contribution in [2.75, 3.05) is 25.1 Å². The lowest BCUT2D eigenvalue weighted by Gasteiger charge is -2.32. The summed E-state index contributed by atoms with van der Waals surface area (Å²) in [5.74, 6) is 2.06. The fourth-order valence-electron chi connectivity index (χ4n) is 3.42. The van der Waals surface area contributed by atoms with Crippen LogP contribution in [0.25, 0.3) is 0 Å². The smallest absolute Gasteiger partial charge is 0.240 e. The van der Waals surface area contributed by atoms with Crippen LogP contribution < -0.4 is 14.4 Å². The maximum Gasteiger partial charge on any atom is 0.240 e. The maximum absolute atomic E-state index is 12.6. The van der Waals surface area contributed by atoms with Crippen LogP contribution in [0.2, 0.25) is 5.02 Å². The SMILES string of the molecule is COc1ccc(S(=O)(=O)NC2CCN(c3cc(C4CC4)[nH]n3)CC2)cc1Cl. The Morgan fingerprint density at radius 2 is 1.96 bits per heavy atom. The summed E-state index contributed by atoms with van der Waals surface area (Å²) in [5, 5.41) is 7.81. The van der Waals surface area contributed by atoms with Gasteiger partial charge in [0.05, 0.1) is 17.0 Å². The van der Waals surface area contributed by atoms with Gasteiger partial charge in [0.2, 0.25) is 10.0 Å². The van der Waals surface area contributed by atoms with Gasteiger partial charge in [-0.25, -0.2) is 13.1 Å². The number of methoxy groups -OCH3 is 1. The predicted octanol–water partition coefficient (Wildman–Crippen LogP) is 2.90. The molecule has 1 aromatic carbocycles. The van der Waals surface area contributed by atoms with Crippen molar-refractivity contribution >= 4 is 27.4 Å². The molecule has 2 N–H and O–H groups in total. The second-order valence-corrected chi connectivity index (χ2v) is 9.26.